The Morgan fingerprint density at radius 1 is 1.15 bits per heavy atom. The summed E-state index contributed by atoms with van der Waals surface area (Å²) in [5, 5.41) is 15.4. The second-order valence-corrected chi connectivity index (χ2v) is 7.88. The van der Waals surface area contributed by atoms with Crippen molar-refractivity contribution in [2.75, 3.05) is 0 Å². The average molecular weight is 364 g/mol. The fourth-order valence-corrected chi connectivity index (χ4v) is 4.13. The lowest BCUT2D eigenvalue weighted by Crippen LogP contribution is -2.38. The Balaban J connectivity index is 1.48. The van der Waals surface area contributed by atoms with Gasteiger partial charge in [0.1, 0.15) is 5.82 Å². The quantitative estimate of drug-likeness (QED) is 0.724. The molecule has 3 nitrogen and oxygen atoms in total. The first-order valence-electron chi connectivity index (χ1n) is 9.59. The molecule has 2 atom stereocenters. The van der Waals surface area contributed by atoms with Gasteiger partial charge in [0.25, 0.3) is 0 Å². The molecule has 0 amide bonds. The summed E-state index contributed by atoms with van der Waals surface area (Å²) < 4.78 is 15.1. The predicted molar refractivity (Wildman–Crippen MR) is 104 cm³/mol. The molecule has 0 bridgehead atoms. The van der Waals surface area contributed by atoms with Crippen LogP contribution >= 0.6 is 0 Å². The maximum atomic E-state index is 13.2. The third-order valence-corrected chi connectivity index (χ3v) is 5.91. The minimum absolute atomic E-state index is 0.140. The Hall–Kier alpha value is -2.46. The van der Waals surface area contributed by atoms with Gasteiger partial charge in [-0.1, -0.05) is 37.3 Å². The van der Waals surface area contributed by atoms with E-state index in [0.717, 1.165) is 37.8 Å². The molecule has 0 aliphatic heterocycles. The third-order valence-electron chi connectivity index (χ3n) is 5.91. The fourth-order valence-electron chi connectivity index (χ4n) is 4.13. The molecule has 2 unspecified atom stereocenters. The lowest BCUT2D eigenvalue weighted by atomic mass is 9.70. The van der Waals surface area contributed by atoms with Crippen LogP contribution < -0.4 is 0 Å². The molecular weight excluding hydrogens is 339 g/mol. The lowest BCUT2D eigenvalue weighted by Gasteiger charge is -2.38. The lowest BCUT2D eigenvalue weighted by molar-refractivity contribution is 0.0204. The standard InChI is InChI=1S/C23H25FN2O/c1-23(22(27)12-7-17-5-3-2-4-6-17)14-13-21-18(15-23)16-25-26(21)20-10-8-19(24)9-11-20/h2-6,8-11,16,22,27H,7,12-15H2,1H3. The first-order chi connectivity index (χ1) is 13.0. The molecule has 0 saturated heterocycles. The Kier molecular flexibility index (Phi) is 4.83. The molecule has 1 heterocycles. The van der Waals surface area contributed by atoms with Gasteiger partial charge in [-0.15, -0.1) is 0 Å². The summed E-state index contributed by atoms with van der Waals surface area (Å²) in [5.41, 5.74) is 4.37. The molecule has 0 spiro atoms. The monoisotopic (exact) mass is 364 g/mol. The minimum atomic E-state index is -0.347. The van der Waals surface area contributed by atoms with Crippen molar-refractivity contribution in [2.24, 2.45) is 5.41 Å². The van der Waals surface area contributed by atoms with Gasteiger partial charge < -0.3 is 5.11 Å². The van der Waals surface area contributed by atoms with Crippen LogP contribution in [0.3, 0.4) is 0 Å². The van der Waals surface area contributed by atoms with Crippen LogP contribution in [0.15, 0.2) is 60.8 Å². The zero-order chi connectivity index (χ0) is 18.9. The van der Waals surface area contributed by atoms with E-state index in [0.29, 0.717) is 0 Å². The van der Waals surface area contributed by atoms with Crippen molar-refractivity contribution < 1.29 is 9.50 Å². The average Bonchev–Trinajstić information content (AvgIpc) is 3.10. The van der Waals surface area contributed by atoms with Crippen molar-refractivity contribution in [1.29, 1.82) is 0 Å². The van der Waals surface area contributed by atoms with Gasteiger partial charge in [-0.2, -0.15) is 5.10 Å². The summed E-state index contributed by atoms with van der Waals surface area (Å²) in [7, 11) is 0. The van der Waals surface area contributed by atoms with Crippen LogP contribution in [0.4, 0.5) is 4.39 Å². The van der Waals surface area contributed by atoms with E-state index in [1.165, 1.54) is 29.0 Å². The van der Waals surface area contributed by atoms with Crippen molar-refractivity contribution in [3.63, 3.8) is 0 Å². The SMILES string of the molecule is CC1(C(O)CCc2ccccc2)CCc2c(cnn2-c2ccc(F)cc2)C1. The smallest absolute Gasteiger partial charge is 0.123 e. The van der Waals surface area contributed by atoms with Gasteiger partial charge in [0.05, 0.1) is 18.0 Å². The second kappa shape index (κ2) is 7.28. The summed E-state index contributed by atoms with van der Waals surface area (Å²) in [6.45, 7) is 2.18. The van der Waals surface area contributed by atoms with Crippen molar-refractivity contribution in [1.82, 2.24) is 9.78 Å². The largest absolute Gasteiger partial charge is 0.393 e. The first-order valence-corrected chi connectivity index (χ1v) is 9.59. The van der Waals surface area contributed by atoms with Crippen LogP contribution in [-0.2, 0) is 19.3 Å². The topological polar surface area (TPSA) is 38.1 Å². The van der Waals surface area contributed by atoms with Crippen molar-refractivity contribution in [3.05, 3.63) is 83.4 Å². The molecule has 4 rings (SSSR count). The van der Waals surface area contributed by atoms with E-state index < -0.39 is 0 Å². The number of aliphatic hydroxyl groups is 1. The molecule has 1 aromatic heterocycles. The summed E-state index contributed by atoms with van der Waals surface area (Å²) >= 11 is 0. The van der Waals surface area contributed by atoms with E-state index in [1.54, 1.807) is 12.1 Å². The van der Waals surface area contributed by atoms with E-state index in [2.05, 4.69) is 24.2 Å². The summed E-state index contributed by atoms with van der Waals surface area (Å²) in [4.78, 5) is 0. The van der Waals surface area contributed by atoms with Gasteiger partial charge in [0.2, 0.25) is 0 Å². The number of hydrogen-bond acceptors (Lipinski definition) is 2. The molecule has 0 fully saturated rings. The Morgan fingerprint density at radius 2 is 1.89 bits per heavy atom. The molecule has 1 aliphatic rings. The van der Waals surface area contributed by atoms with Crippen LogP contribution in [0, 0.1) is 11.2 Å². The first kappa shape index (κ1) is 17.9. The van der Waals surface area contributed by atoms with Crippen molar-refractivity contribution >= 4 is 0 Å². The highest BCUT2D eigenvalue weighted by Crippen LogP contribution is 2.40. The number of benzene rings is 2. The second-order valence-electron chi connectivity index (χ2n) is 7.88. The number of aliphatic hydroxyl groups excluding tert-OH is 1. The zero-order valence-corrected chi connectivity index (χ0v) is 15.6. The number of halogens is 1. The highest BCUT2D eigenvalue weighted by molar-refractivity contribution is 5.37. The van der Waals surface area contributed by atoms with E-state index in [4.69, 9.17) is 0 Å². The summed E-state index contributed by atoms with van der Waals surface area (Å²) in [6.07, 6.45) is 5.81. The van der Waals surface area contributed by atoms with Crippen LogP contribution in [0.2, 0.25) is 0 Å². The number of aryl methyl sites for hydroxylation is 1. The summed E-state index contributed by atoms with van der Waals surface area (Å²) in [6, 6.07) is 16.8. The van der Waals surface area contributed by atoms with Crippen LogP contribution in [0.25, 0.3) is 5.69 Å². The van der Waals surface area contributed by atoms with Crippen LogP contribution in [-0.4, -0.2) is 21.0 Å². The van der Waals surface area contributed by atoms with Gasteiger partial charge >= 0.3 is 0 Å². The number of fused-ring (bicyclic) bond motifs is 1. The molecule has 140 valence electrons. The highest BCUT2D eigenvalue weighted by Gasteiger charge is 2.37. The molecule has 1 aliphatic carbocycles. The van der Waals surface area contributed by atoms with Crippen molar-refractivity contribution in [2.45, 2.75) is 45.1 Å². The zero-order valence-electron chi connectivity index (χ0n) is 15.6. The normalized spacial score (nSPS) is 20.3. The van der Waals surface area contributed by atoms with Gasteiger partial charge in [0.15, 0.2) is 0 Å². The van der Waals surface area contributed by atoms with Gasteiger partial charge in [0, 0.05) is 5.69 Å². The number of nitrogens with zero attached hydrogens (tertiary/aromatic N) is 2. The maximum Gasteiger partial charge on any atom is 0.123 e. The Bertz CT molecular complexity index is 904. The third kappa shape index (κ3) is 3.67. The molecule has 3 aromatic rings. The van der Waals surface area contributed by atoms with Gasteiger partial charge in [-0.05, 0) is 72.9 Å². The highest BCUT2D eigenvalue weighted by atomic mass is 19.1. The molecular formula is C23H25FN2O. The van der Waals surface area contributed by atoms with E-state index >= 15 is 0 Å². The predicted octanol–water partition coefficient (Wildman–Crippen LogP) is 4.50. The molecule has 0 radical (unpaired) electrons. The Labute approximate surface area is 159 Å². The molecule has 0 saturated carbocycles. The molecule has 2 aromatic carbocycles. The van der Waals surface area contributed by atoms with E-state index in [1.807, 2.05) is 29.1 Å². The maximum absolute atomic E-state index is 13.2. The van der Waals surface area contributed by atoms with Crippen LogP contribution in [0.5, 0.6) is 0 Å². The van der Waals surface area contributed by atoms with Gasteiger partial charge in [-0.3, -0.25) is 0 Å². The van der Waals surface area contributed by atoms with Crippen molar-refractivity contribution in [3.8, 4) is 5.69 Å². The van der Waals surface area contributed by atoms with Crippen LogP contribution in [0.1, 0.15) is 36.6 Å². The Morgan fingerprint density at radius 3 is 2.63 bits per heavy atom. The molecule has 4 heteroatoms. The molecule has 27 heavy (non-hydrogen) atoms. The van der Waals surface area contributed by atoms with E-state index in [9.17, 15) is 9.50 Å². The van der Waals surface area contributed by atoms with E-state index in [-0.39, 0.29) is 17.3 Å². The number of hydrogen-bond donors (Lipinski definition) is 1. The summed E-state index contributed by atoms with van der Waals surface area (Å²) in [5.74, 6) is -0.242. The fraction of sp³-hybridized carbons (Fsp3) is 0.348. The minimum Gasteiger partial charge on any atom is -0.393 e. The number of rotatable bonds is 5. The number of aromatic nitrogens is 2. The molecule has 1 N–H and O–H groups in total. The van der Waals surface area contributed by atoms with Gasteiger partial charge in [-0.25, -0.2) is 9.07 Å².